The number of rotatable bonds is 1. The van der Waals surface area contributed by atoms with Gasteiger partial charge in [0, 0.05) is 21.2 Å². The first kappa shape index (κ1) is 13.5. The fourth-order valence-corrected chi connectivity index (χ4v) is 4.25. The summed E-state index contributed by atoms with van der Waals surface area (Å²) in [4.78, 5) is 5.54. The van der Waals surface area contributed by atoms with Gasteiger partial charge in [-0.15, -0.1) is 11.3 Å². The molecule has 0 saturated heterocycles. The SMILES string of the molecule is Oc1c(/C=c2\ccc3c(c2)-c2ccccc2N=3)sc2ccccc12. The molecule has 4 aromatic rings. The lowest BCUT2D eigenvalue weighted by atomic mass is 10.0. The normalized spacial score (nSPS) is 12.9. The standard InChI is InChI=1S/C21H13NOS/c23-21-15-6-2-4-8-19(15)24-20(21)12-13-9-10-18-16(11-13)14-5-1-3-7-17(14)22-18/h1-12,23H/b13-12+. The van der Waals surface area contributed by atoms with Crippen molar-refractivity contribution in [2.75, 3.05) is 0 Å². The lowest BCUT2D eigenvalue weighted by molar-refractivity contribution is 0.482. The van der Waals surface area contributed by atoms with Gasteiger partial charge < -0.3 is 5.11 Å². The summed E-state index contributed by atoms with van der Waals surface area (Å²) in [5.41, 5.74) is 3.35. The van der Waals surface area contributed by atoms with Crippen molar-refractivity contribution in [2.45, 2.75) is 0 Å². The average molecular weight is 327 g/mol. The van der Waals surface area contributed by atoms with Crippen molar-refractivity contribution in [1.82, 2.24) is 0 Å². The molecule has 0 amide bonds. The minimum atomic E-state index is 0.362. The molecule has 0 atom stereocenters. The van der Waals surface area contributed by atoms with Crippen LogP contribution in [0.15, 0.2) is 71.7 Å². The lowest BCUT2D eigenvalue weighted by Gasteiger charge is -1.98. The van der Waals surface area contributed by atoms with Crippen molar-refractivity contribution < 1.29 is 5.11 Å². The van der Waals surface area contributed by atoms with Gasteiger partial charge in [0.1, 0.15) is 5.75 Å². The van der Waals surface area contributed by atoms with Crippen LogP contribution in [0.3, 0.4) is 0 Å². The van der Waals surface area contributed by atoms with E-state index >= 15 is 0 Å². The fourth-order valence-electron chi connectivity index (χ4n) is 3.19. The van der Waals surface area contributed by atoms with E-state index in [0.29, 0.717) is 5.75 Å². The molecule has 1 aromatic heterocycles. The monoisotopic (exact) mass is 327 g/mol. The molecule has 24 heavy (non-hydrogen) atoms. The zero-order chi connectivity index (χ0) is 16.1. The smallest absolute Gasteiger partial charge is 0.141 e. The largest absolute Gasteiger partial charge is 0.506 e. The van der Waals surface area contributed by atoms with Crippen LogP contribution < -0.4 is 10.6 Å². The fraction of sp³-hybridized carbons (Fsp3) is 0. The van der Waals surface area contributed by atoms with Crippen molar-refractivity contribution >= 4 is 33.2 Å². The van der Waals surface area contributed by atoms with Crippen LogP contribution in [0.2, 0.25) is 0 Å². The summed E-state index contributed by atoms with van der Waals surface area (Å²) in [5.74, 6) is 0.362. The summed E-state index contributed by atoms with van der Waals surface area (Å²) >= 11 is 1.61. The molecule has 2 heterocycles. The molecule has 0 saturated carbocycles. The highest BCUT2D eigenvalue weighted by atomic mass is 32.1. The van der Waals surface area contributed by atoms with Crippen LogP contribution in [-0.2, 0) is 0 Å². The first-order valence-electron chi connectivity index (χ1n) is 7.80. The van der Waals surface area contributed by atoms with Gasteiger partial charge in [0.15, 0.2) is 0 Å². The average Bonchev–Trinajstić information content (AvgIpc) is 3.13. The zero-order valence-corrected chi connectivity index (χ0v) is 13.5. The van der Waals surface area contributed by atoms with Crippen molar-refractivity contribution in [2.24, 2.45) is 4.99 Å². The molecule has 0 fully saturated rings. The number of hydrogen-bond acceptors (Lipinski definition) is 3. The Hall–Kier alpha value is -2.91. The molecule has 0 aliphatic carbocycles. The number of para-hydroxylation sites is 1. The van der Waals surface area contributed by atoms with E-state index in [0.717, 1.165) is 36.8 Å². The minimum Gasteiger partial charge on any atom is -0.506 e. The lowest BCUT2D eigenvalue weighted by Crippen LogP contribution is -2.09. The van der Waals surface area contributed by atoms with Crippen molar-refractivity contribution in [3.63, 3.8) is 0 Å². The van der Waals surface area contributed by atoms with Gasteiger partial charge in [-0.25, -0.2) is 4.99 Å². The van der Waals surface area contributed by atoms with E-state index in [1.165, 1.54) is 5.56 Å². The van der Waals surface area contributed by atoms with Crippen LogP contribution in [-0.4, -0.2) is 5.11 Å². The summed E-state index contributed by atoms with van der Waals surface area (Å²) in [5, 5.41) is 13.5. The molecular weight excluding hydrogens is 314 g/mol. The molecule has 3 aromatic carbocycles. The molecule has 1 aliphatic heterocycles. The van der Waals surface area contributed by atoms with Gasteiger partial charge in [-0.3, -0.25) is 0 Å². The quantitative estimate of drug-likeness (QED) is 0.487. The van der Waals surface area contributed by atoms with Crippen LogP contribution in [0, 0.1) is 0 Å². The second kappa shape index (κ2) is 5.05. The number of benzene rings is 3. The summed E-state index contributed by atoms with van der Waals surface area (Å²) in [6.07, 6.45) is 2.04. The van der Waals surface area contributed by atoms with E-state index in [9.17, 15) is 5.11 Å². The van der Waals surface area contributed by atoms with Gasteiger partial charge in [-0.2, -0.15) is 0 Å². The highest BCUT2D eigenvalue weighted by molar-refractivity contribution is 7.20. The van der Waals surface area contributed by atoms with E-state index in [4.69, 9.17) is 0 Å². The maximum absolute atomic E-state index is 10.5. The van der Waals surface area contributed by atoms with Crippen molar-refractivity contribution in [3.05, 3.63) is 82.2 Å². The van der Waals surface area contributed by atoms with E-state index in [2.05, 4.69) is 23.2 Å². The van der Waals surface area contributed by atoms with Gasteiger partial charge in [0.25, 0.3) is 0 Å². The summed E-state index contributed by atoms with van der Waals surface area (Å²) in [6.45, 7) is 0. The molecule has 114 valence electrons. The van der Waals surface area contributed by atoms with Crippen LogP contribution in [0.1, 0.15) is 4.88 Å². The summed E-state index contributed by atoms with van der Waals surface area (Å²) < 4.78 is 1.10. The molecule has 2 nitrogen and oxygen atoms in total. The highest BCUT2D eigenvalue weighted by Crippen LogP contribution is 2.37. The maximum Gasteiger partial charge on any atom is 0.141 e. The Bertz CT molecular complexity index is 1220. The Morgan fingerprint density at radius 2 is 1.71 bits per heavy atom. The molecule has 1 N–H and O–H groups in total. The number of nitrogens with zero attached hydrogens (tertiary/aromatic N) is 1. The maximum atomic E-state index is 10.5. The van der Waals surface area contributed by atoms with Crippen molar-refractivity contribution in [1.29, 1.82) is 0 Å². The topological polar surface area (TPSA) is 32.6 Å². The van der Waals surface area contributed by atoms with E-state index < -0.39 is 0 Å². The Morgan fingerprint density at radius 1 is 0.875 bits per heavy atom. The van der Waals surface area contributed by atoms with E-state index in [1.54, 1.807) is 11.3 Å². The molecule has 0 spiro atoms. The minimum absolute atomic E-state index is 0.362. The Balaban J connectivity index is 1.70. The molecule has 3 heteroatoms. The number of aromatic hydroxyl groups is 1. The van der Waals surface area contributed by atoms with Crippen LogP contribution in [0.5, 0.6) is 5.75 Å². The second-order valence-electron chi connectivity index (χ2n) is 5.86. The van der Waals surface area contributed by atoms with E-state index in [1.807, 2.05) is 54.6 Å². The first-order valence-corrected chi connectivity index (χ1v) is 8.62. The third-order valence-corrected chi connectivity index (χ3v) is 5.46. The molecular formula is C21H13NOS. The predicted octanol–water partition coefficient (Wildman–Crippen LogP) is 4.37. The van der Waals surface area contributed by atoms with Gasteiger partial charge >= 0.3 is 0 Å². The second-order valence-corrected chi connectivity index (χ2v) is 6.94. The van der Waals surface area contributed by atoms with Crippen LogP contribution >= 0.6 is 11.3 Å². The van der Waals surface area contributed by atoms with E-state index in [-0.39, 0.29) is 0 Å². The molecule has 0 radical (unpaired) electrons. The van der Waals surface area contributed by atoms with Gasteiger partial charge in [0.2, 0.25) is 0 Å². The molecule has 0 bridgehead atoms. The van der Waals surface area contributed by atoms with Crippen molar-refractivity contribution in [3.8, 4) is 16.9 Å². The highest BCUT2D eigenvalue weighted by Gasteiger charge is 2.12. The molecule has 5 rings (SSSR count). The Labute approximate surface area is 142 Å². The number of hydrogen-bond donors (Lipinski definition) is 1. The Kier molecular flexibility index (Phi) is 2.84. The predicted molar refractivity (Wildman–Crippen MR) is 99.4 cm³/mol. The summed E-state index contributed by atoms with van der Waals surface area (Å²) in [6, 6.07) is 22.4. The Morgan fingerprint density at radius 3 is 2.62 bits per heavy atom. The zero-order valence-electron chi connectivity index (χ0n) is 12.7. The van der Waals surface area contributed by atoms with Gasteiger partial charge in [-0.1, -0.05) is 36.4 Å². The third-order valence-electron chi connectivity index (χ3n) is 4.35. The van der Waals surface area contributed by atoms with Gasteiger partial charge in [0.05, 0.1) is 15.9 Å². The van der Waals surface area contributed by atoms with Crippen LogP contribution in [0.4, 0.5) is 5.69 Å². The van der Waals surface area contributed by atoms with Crippen LogP contribution in [0.25, 0.3) is 27.3 Å². The van der Waals surface area contributed by atoms with Gasteiger partial charge in [-0.05, 0) is 41.6 Å². The summed E-state index contributed by atoms with van der Waals surface area (Å²) in [7, 11) is 0. The molecule has 1 aliphatic rings. The number of thiophene rings is 1. The first-order chi connectivity index (χ1) is 11.8. The number of fused-ring (bicyclic) bond motifs is 4. The third kappa shape index (κ3) is 1.99. The molecule has 0 unspecified atom stereocenters.